The average molecular weight is 441 g/mol. The SMILES string of the molecule is Cc1ccc(CN2C(=O)CCc3c(C)nc(C4CCCN4CCc4ccccc4)nc32)cc1. The van der Waals surface area contributed by atoms with Crippen LogP contribution in [0.5, 0.6) is 0 Å². The summed E-state index contributed by atoms with van der Waals surface area (Å²) in [6.45, 7) is 6.79. The molecule has 3 aromatic rings. The van der Waals surface area contributed by atoms with Gasteiger partial charge in [0, 0.05) is 24.2 Å². The number of carbonyl (C=O) groups excluding carboxylic acids is 1. The Labute approximate surface area is 196 Å². The fraction of sp³-hybridized carbons (Fsp3) is 0.393. The van der Waals surface area contributed by atoms with Crippen molar-refractivity contribution in [2.45, 2.75) is 58.5 Å². The van der Waals surface area contributed by atoms with Gasteiger partial charge in [-0.3, -0.25) is 14.6 Å². The van der Waals surface area contributed by atoms with Crippen molar-refractivity contribution in [3.63, 3.8) is 0 Å². The summed E-state index contributed by atoms with van der Waals surface area (Å²) in [5.74, 6) is 1.85. The molecule has 1 amide bonds. The molecule has 5 heteroatoms. The number of aryl methyl sites for hydroxylation is 2. The molecular formula is C28H32N4O. The van der Waals surface area contributed by atoms with Gasteiger partial charge in [0.15, 0.2) is 0 Å². The van der Waals surface area contributed by atoms with E-state index >= 15 is 0 Å². The zero-order chi connectivity index (χ0) is 22.8. The van der Waals surface area contributed by atoms with Crippen molar-refractivity contribution in [2.75, 3.05) is 18.0 Å². The van der Waals surface area contributed by atoms with E-state index in [4.69, 9.17) is 9.97 Å². The minimum Gasteiger partial charge on any atom is -0.293 e. The van der Waals surface area contributed by atoms with Crippen LogP contribution in [-0.2, 0) is 24.2 Å². The van der Waals surface area contributed by atoms with E-state index in [9.17, 15) is 4.79 Å². The van der Waals surface area contributed by atoms with E-state index in [2.05, 4.69) is 73.3 Å². The molecule has 0 N–H and O–H groups in total. The third kappa shape index (κ3) is 4.69. The van der Waals surface area contributed by atoms with Crippen LogP contribution in [-0.4, -0.2) is 33.9 Å². The van der Waals surface area contributed by atoms with Gasteiger partial charge in [0.1, 0.15) is 11.6 Å². The Kier molecular flexibility index (Phi) is 6.23. The molecule has 3 heterocycles. The summed E-state index contributed by atoms with van der Waals surface area (Å²) in [5, 5.41) is 0. The van der Waals surface area contributed by atoms with Crippen LogP contribution < -0.4 is 4.90 Å². The minimum absolute atomic E-state index is 0.152. The van der Waals surface area contributed by atoms with E-state index in [1.54, 1.807) is 0 Å². The Morgan fingerprint density at radius 2 is 1.73 bits per heavy atom. The normalized spacial score (nSPS) is 18.5. The van der Waals surface area contributed by atoms with Gasteiger partial charge < -0.3 is 0 Å². The van der Waals surface area contributed by atoms with Gasteiger partial charge in [-0.2, -0.15) is 0 Å². The molecule has 33 heavy (non-hydrogen) atoms. The summed E-state index contributed by atoms with van der Waals surface area (Å²) >= 11 is 0. The number of likely N-dealkylation sites (tertiary alicyclic amines) is 1. The number of hydrogen-bond donors (Lipinski definition) is 0. The standard InChI is InChI=1S/C28H32N4O/c1-20-10-12-23(13-11-20)19-32-26(33)15-14-24-21(2)29-27(30-28(24)32)25-9-6-17-31(25)18-16-22-7-4-3-5-8-22/h3-5,7-8,10-13,25H,6,9,14-19H2,1-2H3. The van der Waals surface area contributed by atoms with Gasteiger partial charge in [-0.1, -0.05) is 60.2 Å². The van der Waals surface area contributed by atoms with Crippen LogP contribution in [0.25, 0.3) is 0 Å². The van der Waals surface area contributed by atoms with Crippen LogP contribution in [0.15, 0.2) is 54.6 Å². The van der Waals surface area contributed by atoms with E-state index in [1.165, 1.54) is 11.1 Å². The van der Waals surface area contributed by atoms with Gasteiger partial charge in [0.2, 0.25) is 5.91 Å². The lowest BCUT2D eigenvalue weighted by atomic mass is 10.0. The monoisotopic (exact) mass is 440 g/mol. The number of amides is 1. The highest BCUT2D eigenvalue weighted by Crippen LogP contribution is 2.35. The smallest absolute Gasteiger partial charge is 0.228 e. The molecule has 1 aromatic heterocycles. The van der Waals surface area contributed by atoms with Gasteiger partial charge in [-0.05, 0) is 57.2 Å². The zero-order valence-corrected chi connectivity index (χ0v) is 19.6. The van der Waals surface area contributed by atoms with Gasteiger partial charge >= 0.3 is 0 Å². The van der Waals surface area contributed by atoms with Crippen LogP contribution in [0.2, 0.25) is 0 Å². The first-order valence-corrected chi connectivity index (χ1v) is 12.1. The number of anilines is 1. The highest BCUT2D eigenvalue weighted by Gasteiger charge is 2.32. The Morgan fingerprint density at radius 1 is 0.939 bits per heavy atom. The summed E-state index contributed by atoms with van der Waals surface area (Å²) in [4.78, 5) is 27.4. The number of hydrogen-bond acceptors (Lipinski definition) is 4. The fourth-order valence-electron chi connectivity index (χ4n) is 5.09. The molecule has 2 aromatic carbocycles. The first-order valence-electron chi connectivity index (χ1n) is 12.1. The molecule has 0 spiro atoms. The molecule has 2 aliphatic rings. The molecule has 2 aliphatic heterocycles. The van der Waals surface area contributed by atoms with Crippen LogP contribution in [0.3, 0.4) is 0 Å². The molecule has 5 nitrogen and oxygen atoms in total. The number of aromatic nitrogens is 2. The summed E-state index contributed by atoms with van der Waals surface area (Å²) < 4.78 is 0. The Balaban J connectivity index is 1.41. The van der Waals surface area contributed by atoms with Crippen molar-refractivity contribution in [2.24, 2.45) is 0 Å². The number of fused-ring (bicyclic) bond motifs is 1. The number of rotatable bonds is 6. The zero-order valence-electron chi connectivity index (χ0n) is 19.6. The van der Waals surface area contributed by atoms with E-state index in [0.29, 0.717) is 13.0 Å². The molecule has 5 rings (SSSR count). The summed E-state index contributed by atoms with van der Waals surface area (Å²) in [6.07, 6.45) is 4.51. The molecular weight excluding hydrogens is 408 g/mol. The summed E-state index contributed by atoms with van der Waals surface area (Å²) in [6, 6.07) is 19.3. The van der Waals surface area contributed by atoms with Crippen molar-refractivity contribution in [3.8, 4) is 0 Å². The lowest BCUT2D eigenvalue weighted by Gasteiger charge is -2.31. The summed E-state index contributed by atoms with van der Waals surface area (Å²) in [5.41, 5.74) is 5.86. The second-order valence-electron chi connectivity index (χ2n) is 9.36. The molecule has 0 saturated carbocycles. The van der Waals surface area contributed by atoms with Crippen LogP contribution in [0.1, 0.15) is 59.1 Å². The molecule has 170 valence electrons. The highest BCUT2D eigenvalue weighted by molar-refractivity contribution is 5.95. The Hall–Kier alpha value is -3.05. The van der Waals surface area contributed by atoms with E-state index in [-0.39, 0.29) is 11.9 Å². The predicted molar refractivity (Wildman–Crippen MR) is 131 cm³/mol. The Bertz CT molecular complexity index is 1130. The number of carbonyl (C=O) groups is 1. The molecule has 1 unspecified atom stereocenters. The number of nitrogens with zero attached hydrogens (tertiary/aromatic N) is 4. The first kappa shape index (κ1) is 21.8. The maximum Gasteiger partial charge on any atom is 0.228 e. The average Bonchev–Trinajstić information content (AvgIpc) is 3.30. The molecule has 1 atom stereocenters. The largest absolute Gasteiger partial charge is 0.293 e. The van der Waals surface area contributed by atoms with Crippen molar-refractivity contribution in [1.82, 2.24) is 14.9 Å². The minimum atomic E-state index is 0.152. The Morgan fingerprint density at radius 3 is 2.52 bits per heavy atom. The van der Waals surface area contributed by atoms with E-state index < -0.39 is 0 Å². The number of benzene rings is 2. The van der Waals surface area contributed by atoms with Gasteiger partial charge in [0.05, 0.1) is 12.6 Å². The molecule has 0 bridgehead atoms. The predicted octanol–water partition coefficient (Wildman–Crippen LogP) is 4.95. The van der Waals surface area contributed by atoms with Gasteiger partial charge in [-0.15, -0.1) is 0 Å². The maximum atomic E-state index is 13.0. The molecule has 1 fully saturated rings. The lowest BCUT2D eigenvalue weighted by Crippen LogP contribution is -2.37. The van der Waals surface area contributed by atoms with Gasteiger partial charge in [-0.25, -0.2) is 9.97 Å². The third-order valence-corrected chi connectivity index (χ3v) is 7.01. The fourth-order valence-corrected chi connectivity index (χ4v) is 5.09. The van der Waals surface area contributed by atoms with Crippen molar-refractivity contribution >= 4 is 11.7 Å². The third-order valence-electron chi connectivity index (χ3n) is 7.01. The molecule has 1 saturated heterocycles. The maximum absolute atomic E-state index is 13.0. The lowest BCUT2D eigenvalue weighted by molar-refractivity contribution is -0.119. The van der Waals surface area contributed by atoms with Gasteiger partial charge in [0.25, 0.3) is 0 Å². The second-order valence-corrected chi connectivity index (χ2v) is 9.36. The van der Waals surface area contributed by atoms with E-state index in [0.717, 1.165) is 67.2 Å². The van der Waals surface area contributed by atoms with E-state index in [1.807, 2.05) is 4.90 Å². The van der Waals surface area contributed by atoms with Crippen LogP contribution in [0, 0.1) is 13.8 Å². The van der Waals surface area contributed by atoms with Crippen molar-refractivity contribution < 1.29 is 4.79 Å². The van der Waals surface area contributed by atoms with Crippen LogP contribution in [0.4, 0.5) is 5.82 Å². The van der Waals surface area contributed by atoms with Crippen molar-refractivity contribution in [1.29, 1.82) is 0 Å². The molecule has 0 radical (unpaired) electrons. The summed E-state index contributed by atoms with van der Waals surface area (Å²) in [7, 11) is 0. The highest BCUT2D eigenvalue weighted by atomic mass is 16.2. The topological polar surface area (TPSA) is 49.3 Å². The quantitative estimate of drug-likeness (QED) is 0.544. The molecule has 0 aliphatic carbocycles. The van der Waals surface area contributed by atoms with Crippen LogP contribution >= 0.6 is 0 Å². The first-order chi connectivity index (χ1) is 16.1. The second kappa shape index (κ2) is 9.44. The van der Waals surface area contributed by atoms with Crippen molar-refractivity contribution in [3.05, 3.63) is 88.4 Å².